The Balaban J connectivity index is 2.52. The van der Waals surface area contributed by atoms with Gasteiger partial charge in [0, 0.05) is 13.0 Å². The predicted octanol–water partition coefficient (Wildman–Crippen LogP) is 1.52. The van der Waals surface area contributed by atoms with E-state index in [-0.39, 0.29) is 11.3 Å². The number of likely N-dealkylation sites (tertiary alicyclic amines) is 1. The van der Waals surface area contributed by atoms with Gasteiger partial charge in [-0.2, -0.15) is 12.6 Å². The molecule has 1 fully saturated rings. The van der Waals surface area contributed by atoms with Crippen LogP contribution in [0.1, 0.15) is 26.7 Å². The number of thiol groups is 1. The fourth-order valence-corrected chi connectivity index (χ4v) is 1.55. The Morgan fingerprint density at radius 2 is 2.18 bits per heavy atom. The Labute approximate surface area is 73.4 Å². The highest BCUT2D eigenvalue weighted by atomic mass is 32.1. The van der Waals surface area contributed by atoms with Crippen LogP contribution in [0.3, 0.4) is 0 Å². The Bertz CT molecular complexity index is 158. The largest absolute Gasteiger partial charge is 0.331 e. The second-order valence-electron chi connectivity index (χ2n) is 3.35. The second kappa shape index (κ2) is 3.48. The number of hydrogen-bond acceptors (Lipinski definition) is 2. The minimum atomic E-state index is 0.116. The van der Waals surface area contributed by atoms with Gasteiger partial charge < -0.3 is 4.90 Å². The molecule has 1 aliphatic heterocycles. The first-order valence-electron chi connectivity index (χ1n) is 4.10. The van der Waals surface area contributed by atoms with Crippen LogP contribution in [0.25, 0.3) is 0 Å². The van der Waals surface area contributed by atoms with Gasteiger partial charge in [-0.3, -0.25) is 4.79 Å². The van der Waals surface area contributed by atoms with Crippen LogP contribution in [0, 0.1) is 5.92 Å². The third-order valence-corrected chi connectivity index (χ3v) is 2.90. The fourth-order valence-electron chi connectivity index (χ4n) is 1.31. The lowest BCUT2D eigenvalue weighted by molar-refractivity contribution is -0.128. The molecule has 0 saturated carbocycles. The van der Waals surface area contributed by atoms with Crippen LogP contribution in [0.5, 0.6) is 0 Å². The van der Waals surface area contributed by atoms with Crippen molar-refractivity contribution in [2.24, 2.45) is 5.92 Å². The lowest BCUT2D eigenvalue weighted by Gasteiger charge is -2.26. The van der Waals surface area contributed by atoms with E-state index in [0.717, 1.165) is 13.0 Å². The highest BCUT2D eigenvalue weighted by Crippen LogP contribution is 2.20. The Morgan fingerprint density at radius 1 is 1.55 bits per heavy atom. The highest BCUT2D eigenvalue weighted by Gasteiger charge is 2.26. The van der Waals surface area contributed by atoms with Crippen molar-refractivity contribution in [3.05, 3.63) is 0 Å². The number of carbonyl (C=O) groups excluding carboxylic acids is 1. The molecule has 0 spiro atoms. The molecule has 1 heterocycles. The van der Waals surface area contributed by atoms with Crippen LogP contribution in [0.2, 0.25) is 0 Å². The zero-order valence-electron chi connectivity index (χ0n) is 7.08. The summed E-state index contributed by atoms with van der Waals surface area (Å²) >= 11 is 4.38. The molecule has 1 amide bonds. The van der Waals surface area contributed by atoms with E-state index in [1.807, 2.05) is 4.90 Å². The lowest BCUT2D eigenvalue weighted by Crippen LogP contribution is -2.35. The van der Waals surface area contributed by atoms with E-state index in [4.69, 9.17) is 0 Å². The van der Waals surface area contributed by atoms with Crippen molar-refractivity contribution in [1.82, 2.24) is 4.90 Å². The van der Waals surface area contributed by atoms with E-state index in [1.54, 1.807) is 0 Å². The van der Waals surface area contributed by atoms with Gasteiger partial charge >= 0.3 is 0 Å². The van der Waals surface area contributed by atoms with Crippen molar-refractivity contribution in [1.29, 1.82) is 0 Å². The molecule has 3 heteroatoms. The molecular weight excluding hydrogens is 158 g/mol. The van der Waals surface area contributed by atoms with E-state index < -0.39 is 0 Å². The molecule has 0 N–H and O–H groups in total. The van der Waals surface area contributed by atoms with Gasteiger partial charge in [0.2, 0.25) is 5.91 Å². The van der Waals surface area contributed by atoms with Gasteiger partial charge in [0.05, 0.1) is 5.37 Å². The van der Waals surface area contributed by atoms with Crippen molar-refractivity contribution >= 4 is 18.5 Å². The Hall–Kier alpha value is -0.180. The molecule has 1 aliphatic rings. The van der Waals surface area contributed by atoms with Crippen molar-refractivity contribution in [2.75, 3.05) is 6.54 Å². The minimum Gasteiger partial charge on any atom is -0.331 e. The van der Waals surface area contributed by atoms with Crippen LogP contribution in [-0.4, -0.2) is 22.7 Å². The molecule has 0 bridgehead atoms. The maximum atomic E-state index is 11.2. The first kappa shape index (κ1) is 8.91. The van der Waals surface area contributed by atoms with E-state index in [2.05, 4.69) is 26.5 Å². The molecule has 11 heavy (non-hydrogen) atoms. The molecule has 1 rings (SSSR count). The van der Waals surface area contributed by atoms with E-state index in [1.165, 1.54) is 0 Å². The first-order chi connectivity index (χ1) is 5.13. The number of nitrogens with zero attached hydrogens (tertiary/aromatic N) is 1. The summed E-state index contributed by atoms with van der Waals surface area (Å²) in [4.78, 5) is 13.1. The topological polar surface area (TPSA) is 20.3 Å². The SMILES string of the molecule is CC(C)C(S)N1CCCC1=O. The smallest absolute Gasteiger partial charge is 0.223 e. The average molecular weight is 173 g/mol. The summed E-state index contributed by atoms with van der Waals surface area (Å²) in [5.41, 5.74) is 0. The summed E-state index contributed by atoms with van der Waals surface area (Å²) in [5.74, 6) is 0.707. The monoisotopic (exact) mass is 173 g/mol. The zero-order chi connectivity index (χ0) is 8.43. The summed E-state index contributed by atoms with van der Waals surface area (Å²) in [5, 5.41) is 0.116. The van der Waals surface area contributed by atoms with Crippen molar-refractivity contribution < 1.29 is 4.79 Å². The van der Waals surface area contributed by atoms with Crippen molar-refractivity contribution in [2.45, 2.75) is 32.1 Å². The number of amides is 1. The molecule has 2 nitrogen and oxygen atoms in total. The first-order valence-corrected chi connectivity index (χ1v) is 4.62. The quantitative estimate of drug-likeness (QED) is 0.628. The van der Waals surface area contributed by atoms with Crippen molar-refractivity contribution in [3.8, 4) is 0 Å². The van der Waals surface area contributed by atoms with Crippen molar-refractivity contribution in [3.63, 3.8) is 0 Å². The molecule has 0 aliphatic carbocycles. The predicted molar refractivity (Wildman–Crippen MR) is 48.6 cm³/mol. The van der Waals surface area contributed by atoms with E-state index >= 15 is 0 Å². The van der Waals surface area contributed by atoms with Gasteiger partial charge in [-0.15, -0.1) is 0 Å². The standard InChI is InChI=1S/C8H15NOS/c1-6(2)8(11)9-5-3-4-7(9)10/h6,8,11H,3-5H2,1-2H3. The van der Waals surface area contributed by atoms with Crippen LogP contribution in [0.15, 0.2) is 0 Å². The number of hydrogen-bond donors (Lipinski definition) is 1. The van der Waals surface area contributed by atoms with Gasteiger partial charge in [-0.05, 0) is 12.3 Å². The molecule has 64 valence electrons. The van der Waals surface area contributed by atoms with Crippen LogP contribution >= 0.6 is 12.6 Å². The van der Waals surface area contributed by atoms with Gasteiger partial charge in [0.25, 0.3) is 0 Å². The third-order valence-electron chi connectivity index (χ3n) is 2.03. The zero-order valence-corrected chi connectivity index (χ0v) is 7.97. The fraction of sp³-hybridized carbons (Fsp3) is 0.875. The van der Waals surface area contributed by atoms with Gasteiger partial charge in [-0.1, -0.05) is 13.8 Å². The second-order valence-corrected chi connectivity index (χ2v) is 3.88. The normalized spacial score (nSPS) is 21.5. The maximum Gasteiger partial charge on any atom is 0.223 e. The summed E-state index contributed by atoms with van der Waals surface area (Å²) in [6.45, 7) is 5.07. The summed E-state index contributed by atoms with van der Waals surface area (Å²) in [7, 11) is 0. The molecule has 1 saturated heterocycles. The summed E-state index contributed by atoms with van der Waals surface area (Å²) < 4.78 is 0. The molecule has 0 radical (unpaired) electrons. The maximum absolute atomic E-state index is 11.2. The van der Waals surface area contributed by atoms with Gasteiger partial charge in [0.1, 0.15) is 0 Å². The molecule has 1 atom stereocenters. The van der Waals surface area contributed by atoms with E-state index in [0.29, 0.717) is 12.3 Å². The van der Waals surface area contributed by atoms with Crippen LogP contribution in [-0.2, 0) is 4.79 Å². The highest BCUT2D eigenvalue weighted by molar-refractivity contribution is 7.80. The summed E-state index contributed by atoms with van der Waals surface area (Å²) in [6, 6.07) is 0. The number of rotatable bonds is 2. The Kier molecular flexibility index (Phi) is 2.82. The molecule has 0 aromatic carbocycles. The lowest BCUT2D eigenvalue weighted by atomic mass is 10.2. The van der Waals surface area contributed by atoms with Gasteiger partial charge in [0.15, 0.2) is 0 Å². The number of carbonyl (C=O) groups is 1. The summed E-state index contributed by atoms with van der Waals surface area (Å²) in [6.07, 6.45) is 1.71. The van der Waals surface area contributed by atoms with Crippen LogP contribution in [0.4, 0.5) is 0 Å². The van der Waals surface area contributed by atoms with Gasteiger partial charge in [-0.25, -0.2) is 0 Å². The average Bonchev–Trinajstić information content (AvgIpc) is 2.33. The Morgan fingerprint density at radius 3 is 2.55 bits per heavy atom. The third kappa shape index (κ3) is 1.89. The molecule has 1 unspecified atom stereocenters. The molecule has 0 aromatic heterocycles. The minimum absolute atomic E-state index is 0.116. The molecule has 0 aromatic rings. The van der Waals surface area contributed by atoms with Crippen LogP contribution < -0.4 is 0 Å². The van der Waals surface area contributed by atoms with E-state index in [9.17, 15) is 4.79 Å². The molecular formula is C8H15NOS.